The highest BCUT2D eigenvalue weighted by Crippen LogP contribution is 2.23. The number of rotatable bonds is 3. The summed E-state index contributed by atoms with van der Waals surface area (Å²) in [5.74, 6) is -0.00525. The van der Waals surface area contributed by atoms with Gasteiger partial charge in [-0.2, -0.15) is 0 Å². The van der Waals surface area contributed by atoms with Gasteiger partial charge in [0, 0.05) is 57.6 Å². The lowest BCUT2D eigenvalue weighted by molar-refractivity contribution is -0.121. The van der Waals surface area contributed by atoms with E-state index in [2.05, 4.69) is 16.3 Å². The summed E-state index contributed by atoms with van der Waals surface area (Å²) in [4.78, 5) is 30.3. The van der Waals surface area contributed by atoms with Crippen molar-refractivity contribution in [1.82, 2.24) is 9.80 Å². The Morgan fingerprint density at radius 2 is 1.81 bits per heavy atom. The molecule has 0 spiro atoms. The monoisotopic (exact) mass is 360 g/mol. The summed E-state index contributed by atoms with van der Waals surface area (Å²) in [7, 11) is 3.51. The fourth-order valence-electron chi connectivity index (χ4n) is 3.46. The Hall–Kier alpha value is -2.28. The average molecular weight is 360 g/mol. The molecule has 7 heteroatoms. The largest absolute Gasteiger partial charge is 0.378 e. The highest BCUT2D eigenvalue weighted by atomic mass is 16.5. The molecule has 2 aliphatic heterocycles. The molecule has 2 saturated heterocycles. The topological polar surface area (TPSA) is 65.1 Å². The Labute approximate surface area is 154 Å². The van der Waals surface area contributed by atoms with Gasteiger partial charge in [-0.25, -0.2) is 4.79 Å². The molecule has 0 unspecified atom stereocenters. The predicted octanol–water partition coefficient (Wildman–Crippen LogP) is 1.86. The molecule has 2 aliphatic rings. The summed E-state index contributed by atoms with van der Waals surface area (Å²) < 4.78 is 5.39. The number of hydrogen-bond donors (Lipinski definition) is 1. The third-order valence-corrected chi connectivity index (χ3v) is 5.01. The van der Waals surface area contributed by atoms with Crippen LogP contribution in [0, 0.1) is 5.92 Å². The SMILES string of the molecule is CN(C)C(=O)N1CCC(C(=O)Nc2cccc(N3CCOCC3)c2)CC1. The van der Waals surface area contributed by atoms with Crippen LogP contribution in [-0.4, -0.2) is 75.2 Å². The first-order chi connectivity index (χ1) is 12.5. The number of likely N-dealkylation sites (tertiary alicyclic amines) is 1. The minimum absolute atomic E-state index is 0.0158. The number of ether oxygens (including phenoxy) is 1. The van der Waals surface area contributed by atoms with Crippen molar-refractivity contribution in [2.75, 3.05) is 63.7 Å². The number of carbonyl (C=O) groups excluding carboxylic acids is 2. The molecule has 3 amide bonds. The van der Waals surface area contributed by atoms with Gasteiger partial charge in [0.05, 0.1) is 13.2 Å². The molecule has 1 N–H and O–H groups in total. The maximum Gasteiger partial charge on any atom is 0.319 e. The van der Waals surface area contributed by atoms with Crippen LogP contribution >= 0.6 is 0 Å². The van der Waals surface area contributed by atoms with Crippen LogP contribution in [0.25, 0.3) is 0 Å². The number of nitrogens with zero attached hydrogens (tertiary/aromatic N) is 3. The van der Waals surface area contributed by atoms with Gasteiger partial charge in [0.2, 0.25) is 5.91 Å². The predicted molar refractivity (Wildman–Crippen MR) is 101 cm³/mol. The Bertz CT molecular complexity index is 635. The van der Waals surface area contributed by atoms with Crippen molar-refractivity contribution in [3.05, 3.63) is 24.3 Å². The highest BCUT2D eigenvalue weighted by Gasteiger charge is 2.28. The highest BCUT2D eigenvalue weighted by molar-refractivity contribution is 5.93. The molecule has 0 aromatic heterocycles. The zero-order valence-electron chi connectivity index (χ0n) is 15.6. The number of morpholine rings is 1. The quantitative estimate of drug-likeness (QED) is 0.894. The van der Waals surface area contributed by atoms with Gasteiger partial charge in [-0.05, 0) is 31.0 Å². The number of benzene rings is 1. The van der Waals surface area contributed by atoms with Gasteiger partial charge in [0.15, 0.2) is 0 Å². The fraction of sp³-hybridized carbons (Fsp3) is 0.579. The van der Waals surface area contributed by atoms with Crippen LogP contribution in [0.5, 0.6) is 0 Å². The molecule has 1 aromatic rings. The molecular formula is C19H28N4O3. The molecule has 142 valence electrons. The van der Waals surface area contributed by atoms with E-state index in [4.69, 9.17) is 4.74 Å². The molecular weight excluding hydrogens is 332 g/mol. The lowest BCUT2D eigenvalue weighted by atomic mass is 9.96. The molecule has 0 atom stereocenters. The molecule has 0 saturated carbocycles. The molecule has 0 bridgehead atoms. The molecule has 26 heavy (non-hydrogen) atoms. The van der Waals surface area contributed by atoms with Gasteiger partial charge in [-0.3, -0.25) is 4.79 Å². The Kier molecular flexibility index (Phi) is 5.98. The van der Waals surface area contributed by atoms with Gasteiger partial charge in [-0.15, -0.1) is 0 Å². The molecule has 2 heterocycles. The molecule has 1 aromatic carbocycles. The van der Waals surface area contributed by atoms with E-state index in [-0.39, 0.29) is 17.9 Å². The van der Waals surface area contributed by atoms with Gasteiger partial charge < -0.3 is 24.8 Å². The lowest BCUT2D eigenvalue weighted by Gasteiger charge is -2.33. The summed E-state index contributed by atoms with van der Waals surface area (Å²) in [5, 5.41) is 3.05. The van der Waals surface area contributed by atoms with Gasteiger partial charge in [0.1, 0.15) is 0 Å². The van der Waals surface area contributed by atoms with E-state index in [1.807, 2.05) is 23.1 Å². The summed E-state index contributed by atoms with van der Waals surface area (Å²) in [6, 6.07) is 7.99. The van der Waals surface area contributed by atoms with Crippen LogP contribution in [0.2, 0.25) is 0 Å². The Morgan fingerprint density at radius 1 is 1.12 bits per heavy atom. The number of urea groups is 1. The summed E-state index contributed by atoms with van der Waals surface area (Å²) in [6.45, 7) is 4.47. The van der Waals surface area contributed by atoms with Crippen LogP contribution in [0.3, 0.4) is 0 Å². The Morgan fingerprint density at radius 3 is 2.46 bits per heavy atom. The minimum atomic E-state index is -0.0479. The van der Waals surface area contributed by atoms with Crippen LogP contribution < -0.4 is 10.2 Å². The van der Waals surface area contributed by atoms with E-state index < -0.39 is 0 Å². The molecule has 0 radical (unpaired) electrons. The van der Waals surface area contributed by atoms with Crippen LogP contribution in [0.15, 0.2) is 24.3 Å². The normalized spacial score (nSPS) is 18.5. The molecule has 2 fully saturated rings. The maximum absolute atomic E-state index is 12.6. The van der Waals surface area contributed by atoms with Crippen molar-refractivity contribution >= 4 is 23.3 Å². The first kappa shape index (κ1) is 18.5. The van der Waals surface area contributed by atoms with E-state index >= 15 is 0 Å². The summed E-state index contributed by atoms with van der Waals surface area (Å²) in [5.41, 5.74) is 1.93. The van der Waals surface area contributed by atoms with Gasteiger partial charge in [0.25, 0.3) is 0 Å². The van der Waals surface area contributed by atoms with Crippen LogP contribution in [-0.2, 0) is 9.53 Å². The van der Waals surface area contributed by atoms with E-state index in [1.165, 1.54) is 0 Å². The van der Waals surface area contributed by atoms with E-state index in [0.29, 0.717) is 25.9 Å². The van der Waals surface area contributed by atoms with Crippen molar-refractivity contribution in [3.63, 3.8) is 0 Å². The Balaban J connectivity index is 1.54. The second-order valence-corrected chi connectivity index (χ2v) is 7.08. The van der Waals surface area contributed by atoms with E-state index in [1.54, 1.807) is 19.0 Å². The average Bonchev–Trinajstić information content (AvgIpc) is 2.68. The van der Waals surface area contributed by atoms with Crippen molar-refractivity contribution in [2.45, 2.75) is 12.8 Å². The second-order valence-electron chi connectivity index (χ2n) is 7.08. The fourth-order valence-corrected chi connectivity index (χ4v) is 3.46. The van der Waals surface area contributed by atoms with Crippen molar-refractivity contribution in [3.8, 4) is 0 Å². The lowest BCUT2D eigenvalue weighted by Crippen LogP contribution is -2.45. The molecule has 7 nitrogen and oxygen atoms in total. The van der Waals surface area contributed by atoms with Gasteiger partial charge in [-0.1, -0.05) is 6.07 Å². The smallest absolute Gasteiger partial charge is 0.319 e. The van der Waals surface area contributed by atoms with Crippen molar-refractivity contribution in [2.24, 2.45) is 5.92 Å². The second kappa shape index (κ2) is 8.40. The van der Waals surface area contributed by atoms with E-state index in [0.717, 1.165) is 37.7 Å². The zero-order chi connectivity index (χ0) is 18.5. The third-order valence-electron chi connectivity index (χ3n) is 5.01. The number of nitrogens with one attached hydrogen (secondary N) is 1. The van der Waals surface area contributed by atoms with Crippen LogP contribution in [0.4, 0.5) is 16.2 Å². The van der Waals surface area contributed by atoms with Crippen molar-refractivity contribution < 1.29 is 14.3 Å². The zero-order valence-corrected chi connectivity index (χ0v) is 15.6. The van der Waals surface area contributed by atoms with Crippen molar-refractivity contribution in [1.29, 1.82) is 0 Å². The van der Waals surface area contributed by atoms with E-state index in [9.17, 15) is 9.59 Å². The first-order valence-corrected chi connectivity index (χ1v) is 9.24. The summed E-state index contributed by atoms with van der Waals surface area (Å²) >= 11 is 0. The number of amides is 3. The minimum Gasteiger partial charge on any atom is -0.378 e. The maximum atomic E-state index is 12.6. The molecule has 3 rings (SSSR count). The first-order valence-electron chi connectivity index (χ1n) is 9.24. The van der Waals surface area contributed by atoms with Gasteiger partial charge >= 0.3 is 6.03 Å². The summed E-state index contributed by atoms with van der Waals surface area (Å²) in [6.07, 6.45) is 1.41. The third kappa shape index (κ3) is 4.46. The number of carbonyl (C=O) groups is 2. The number of piperidine rings is 1. The molecule has 0 aliphatic carbocycles. The van der Waals surface area contributed by atoms with Crippen LogP contribution in [0.1, 0.15) is 12.8 Å². The number of anilines is 2. The number of hydrogen-bond acceptors (Lipinski definition) is 4. The standard InChI is InChI=1S/C19H28N4O3/c1-21(2)19(25)23-8-6-15(7-9-23)18(24)20-16-4-3-5-17(14-16)22-10-12-26-13-11-22/h3-5,14-15H,6-13H2,1-2H3,(H,20,24).